The monoisotopic (exact) mass is 1940 g/mol. The molecule has 1 atom stereocenters. The van der Waals surface area contributed by atoms with E-state index in [1.54, 1.807) is 75.6 Å². The molecule has 0 saturated carbocycles. The first-order valence-electron chi connectivity index (χ1n) is 44.6. The molecule has 0 saturated heterocycles. The number of ether oxygens (including phenoxy) is 9. The van der Waals surface area contributed by atoms with Gasteiger partial charge in [-0.05, 0) is 175 Å². The van der Waals surface area contributed by atoms with Gasteiger partial charge in [-0.25, -0.2) is 0 Å². The van der Waals surface area contributed by atoms with E-state index in [1.165, 1.54) is 60.1 Å². The molecule has 726 valence electrons. The number of fused-ring (bicyclic) bond motifs is 2. The van der Waals surface area contributed by atoms with Gasteiger partial charge < -0.3 is 58.6 Å². The van der Waals surface area contributed by atoms with Crippen LogP contribution in [0, 0.1) is 20.8 Å². The highest BCUT2D eigenvalue weighted by Crippen LogP contribution is 2.44. The first-order valence-corrected chi connectivity index (χ1v) is 45.5. The first kappa shape index (κ1) is 107. The van der Waals surface area contributed by atoms with E-state index in [-0.39, 0.29) is 59.1 Å². The van der Waals surface area contributed by atoms with Gasteiger partial charge in [0.2, 0.25) is 5.24 Å². The second-order valence-corrected chi connectivity index (χ2v) is 32.9. The topological polar surface area (TPSA) is 333 Å². The second kappa shape index (κ2) is 52.2. The van der Waals surface area contributed by atoms with Gasteiger partial charge in [-0.2, -0.15) is 24.7 Å². The van der Waals surface area contributed by atoms with Crippen LogP contribution in [0.2, 0.25) is 0 Å². The number of esters is 3. The molecular weight excluding hydrogens is 1830 g/mol. The molecule has 2 aliphatic rings. The quantitative estimate of drug-likeness (QED) is 0.0161. The summed E-state index contributed by atoms with van der Waals surface area (Å²) in [7, 11) is 13.4. The van der Waals surface area contributed by atoms with Gasteiger partial charge in [-0.15, -0.1) is 11.6 Å². The number of aromatic nitrogens is 6. The molecule has 25 nitrogen and oxygen atoms in total. The number of nitrogens with zero attached hydrogens (tertiary/aromatic N) is 5. The van der Waals surface area contributed by atoms with Crippen LogP contribution in [-0.2, 0) is 69.7 Å². The summed E-state index contributed by atoms with van der Waals surface area (Å²) in [5.41, 5.74) is 30.7. The lowest BCUT2D eigenvalue weighted by atomic mass is 9.90. The summed E-state index contributed by atoms with van der Waals surface area (Å²) in [6.45, 7) is 12.5. The number of carbonyl (C=O) groups is 7. The zero-order valence-corrected chi connectivity index (χ0v) is 82.9. The third-order valence-corrected chi connectivity index (χ3v) is 22.9. The van der Waals surface area contributed by atoms with Crippen LogP contribution in [0.5, 0.6) is 46.0 Å². The second-order valence-electron chi connectivity index (χ2n) is 32.1. The van der Waals surface area contributed by atoms with Crippen LogP contribution in [0.1, 0.15) is 105 Å². The summed E-state index contributed by atoms with van der Waals surface area (Å²) in [4.78, 5) is 81.6. The number of anilines is 1. The Labute approximate surface area is 830 Å². The van der Waals surface area contributed by atoms with Crippen LogP contribution in [0.3, 0.4) is 0 Å². The Kier molecular flexibility index (Phi) is 39.5. The van der Waals surface area contributed by atoms with E-state index in [0.29, 0.717) is 64.1 Å². The van der Waals surface area contributed by atoms with Crippen molar-refractivity contribution >= 4 is 80.9 Å². The molecule has 141 heavy (non-hydrogen) atoms. The Bertz CT molecular complexity index is 6580. The number of halogens is 2. The Hall–Kier alpha value is -16.4. The normalized spacial score (nSPS) is 11.5. The fourth-order valence-corrected chi connectivity index (χ4v) is 15.7. The van der Waals surface area contributed by atoms with Crippen LogP contribution in [-0.4, -0.2) is 145 Å². The highest BCUT2D eigenvalue weighted by atomic mass is 35.5. The molecule has 5 heterocycles. The number of H-pyrrole nitrogens is 1. The SMILES string of the molecule is CC(=O)Cl.COC(=O)C(C(C)=O)c1ccc(C)c(OC)c1.COC(=O)Cc1ccc(C)c(OC)c1.COC(=O)Cc1ccc(O)c(OC)c1.COc1cc(C2=C(C)Cc3c(-c4ccccc4)c(-c4ccccc4)nn3C2=O)ccc1C.COc1cc(C2=C(C)Cc3c(-c4ccccc4)c(-c4ccccc4)nn3C2=O)ccc1O.COc1ccc(CCl)cc1.Nc1n[nH]c(-c2ccccc2)c1-c1ccccc1. The number of aryl methyl sites for hydroxylation is 3. The van der Waals surface area contributed by atoms with Crippen LogP contribution in [0.15, 0.2) is 308 Å². The molecule has 5 N–H and O–H groups in total. The van der Waals surface area contributed by atoms with E-state index in [9.17, 15) is 43.8 Å². The minimum absolute atomic E-state index is 0.0373. The van der Waals surface area contributed by atoms with Gasteiger partial charge in [0.1, 0.15) is 46.1 Å². The molecule has 0 aliphatic carbocycles. The van der Waals surface area contributed by atoms with E-state index in [4.69, 9.17) is 56.0 Å². The van der Waals surface area contributed by atoms with Crippen molar-refractivity contribution in [3.63, 3.8) is 0 Å². The first-order chi connectivity index (χ1) is 68.0. The molecule has 27 heteroatoms. The molecule has 0 radical (unpaired) electrons. The molecule has 0 fully saturated rings. The van der Waals surface area contributed by atoms with Gasteiger partial charge in [-0.3, -0.25) is 38.7 Å². The fraction of sp³-hybridized carbons (Fsp3) is 0.193. The molecular formula is C114H113Cl2N7O18. The number of aromatic amines is 1. The third kappa shape index (κ3) is 28.0. The van der Waals surface area contributed by atoms with Gasteiger partial charge in [0.05, 0.1) is 99.5 Å². The van der Waals surface area contributed by atoms with Crippen LogP contribution in [0.4, 0.5) is 5.82 Å². The van der Waals surface area contributed by atoms with E-state index in [1.807, 2.05) is 271 Å². The zero-order valence-electron chi connectivity index (χ0n) is 81.4. The predicted molar refractivity (Wildman–Crippen MR) is 552 cm³/mol. The zero-order chi connectivity index (χ0) is 102. The maximum atomic E-state index is 13.7. The predicted octanol–water partition coefficient (Wildman–Crippen LogP) is 23.0. The van der Waals surface area contributed by atoms with Crippen LogP contribution < -0.4 is 34.2 Å². The fourth-order valence-electron chi connectivity index (χ4n) is 15.5. The molecule has 0 amide bonds. The van der Waals surface area contributed by atoms with Crippen molar-refractivity contribution in [3.8, 4) is 113 Å². The minimum atomic E-state index is -0.880. The number of nitrogens with two attached hydrogens (primary N) is 1. The summed E-state index contributed by atoms with van der Waals surface area (Å²) in [5, 5.41) is 35.7. The summed E-state index contributed by atoms with van der Waals surface area (Å²) >= 11 is 10.2. The van der Waals surface area contributed by atoms with Crippen molar-refractivity contribution in [3.05, 3.63) is 370 Å². The van der Waals surface area contributed by atoms with Gasteiger partial charge in [0.25, 0.3) is 11.8 Å². The average molecular weight is 1940 g/mol. The molecule has 15 aromatic rings. The molecule has 1 unspecified atom stereocenters. The van der Waals surface area contributed by atoms with Crippen molar-refractivity contribution in [2.45, 2.75) is 85.9 Å². The molecule has 2 aliphatic heterocycles. The Morgan fingerprint density at radius 1 is 0.397 bits per heavy atom. The van der Waals surface area contributed by atoms with Crippen molar-refractivity contribution in [2.24, 2.45) is 0 Å². The third-order valence-electron chi connectivity index (χ3n) is 22.6. The van der Waals surface area contributed by atoms with Gasteiger partial charge in [0, 0.05) is 64.6 Å². The number of phenolic OH excluding ortho intramolecular Hbond substituents is 2. The number of methoxy groups -OCH3 is 9. The highest BCUT2D eigenvalue weighted by Gasteiger charge is 2.35. The van der Waals surface area contributed by atoms with Gasteiger partial charge in [0.15, 0.2) is 28.8 Å². The van der Waals surface area contributed by atoms with E-state index in [2.05, 4.69) is 48.1 Å². The molecule has 0 spiro atoms. The number of ketones is 1. The number of benzene rings is 12. The van der Waals surface area contributed by atoms with Crippen LogP contribution >= 0.6 is 23.2 Å². The van der Waals surface area contributed by atoms with Crippen molar-refractivity contribution in [1.29, 1.82) is 0 Å². The van der Waals surface area contributed by atoms with Gasteiger partial charge >= 0.3 is 17.9 Å². The van der Waals surface area contributed by atoms with Crippen molar-refractivity contribution in [2.75, 3.05) is 69.7 Å². The highest BCUT2D eigenvalue weighted by molar-refractivity contribution is 6.62. The number of nitrogens with one attached hydrogen (secondary N) is 1. The van der Waals surface area contributed by atoms with E-state index < -0.39 is 11.9 Å². The Morgan fingerprint density at radius 3 is 1.13 bits per heavy atom. The van der Waals surface area contributed by atoms with Crippen molar-refractivity contribution in [1.82, 2.24) is 29.8 Å². The Morgan fingerprint density at radius 2 is 0.738 bits per heavy atom. The average Bonchev–Trinajstić information content (AvgIpc) is 1.60. The number of nitrogen functional groups attached to an aromatic ring is 1. The summed E-state index contributed by atoms with van der Waals surface area (Å²) in [6.07, 6.45) is 1.70. The number of carbonyl (C=O) groups excluding carboxylic acids is 7. The van der Waals surface area contributed by atoms with Crippen molar-refractivity contribution < 1.29 is 86.4 Å². The number of rotatable bonds is 22. The lowest BCUT2D eigenvalue weighted by molar-refractivity contribution is -0.145. The number of aromatic hydroxyl groups is 2. The lowest BCUT2D eigenvalue weighted by Gasteiger charge is -2.20. The molecule has 0 bridgehead atoms. The molecule has 17 rings (SSSR count). The van der Waals surface area contributed by atoms with Crippen LogP contribution in [0.25, 0.3) is 78.3 Å². The number of alkyl halides is 1. The Balaban J connectivity index is 0.000000174. The summed E-state index contributed by atoms with van der Waals surface area (Å²) in [6, 6.07) is 94.6. The number of hydrogen-bond acceptors (Lipinski definition) is 22. The van der Waals surface area contributed by atoms with E-state index in [0.717, 1.165) is 146 Å². The molecule has 12 aromatic carbocycles. The number of allylic oxidation sites excluding steroid dienone is 4. The summed E-state index contributed by atoms with van der Waals surface area (Å²) in [5.74, 6) is 2.43. The largest absolute Gasteiger partial charge is 0.504 e. The number of Topliss-reactive ketones (excluding diaryl/α,β-unsaturated/α-hetero) is 1. The molecule has 3 aromatic heterocycles. The lowest BCUT2D eigenvalue weighted by Crippen LogP contribution is -2.23. The minimum Gasteiger partial charge on any atom is -0.504 e. The number of hydrogen-bond donors (Lipinski definition) is 4. The maximum absolute atomic E-state index is 13.7. The maximum Gasteiger partial charge on any atom is 0.320 e. The standard InChI is InChI=1S/C28H24N2O2.C27H22N2O3.C15H13N3.C13H16O4.C11H14O3.C10H12O4.C8H9ClO.C2H3ClO/c1-18-14-15-22(17-24(18)32-3)25-19(2)16-23-26(20-10-6-4-7-11-20)27(29-30(23)28(25)31)21-12-8-5-9-13-21;1-17-15-21-25(18-9-5-3-6-10-18)26(19-11-7-4-8-12-19)28-29(21)27(31)24(17)20-13-14-22(30)23(16-20)32-2;16-15-13(11-7-3-1-4-8-11)14(17-18-15)12-9-5-2-6-10-12;1-8-5-6-10(7-11(8)16-3)12(9(2)14)13(15)17-4;1-8-4-5-9(6-10(8)13-2)7-11(12)14-3;1-13-9-5-7(3-4-8(9)11)6-10(12)14-2;1-10-8-4-2-7(6-9)3-5-8;1-2(3)4/h4-15,17H,16H2,1-3H3;3-14,16,30H,15H2,1-2H3;1-10H,(H3,16,17,18);5-7,12H,1-4H3;4-6H,7H2,1-3H3;3-5,11H,6H2,1-2H3;2-5H,6H2,1H3;1H3. The summed E-state index contributed by atoms with van der Waals surface area (Å²) < 4.78 is 47.8. The number of phenols is 2. The van der Waals surface area contributed by atoms with Gasteiger partial charge in [-0.1, -0.05) is 254 Å². The smallest absolute Gasteiger partial charge is 0.320 e. The van der Waals surface area contributed by atoms with E-state index >= 15 is 0 Å².